The fraction of sp³-hybridized carbons (Fsp3) is 0.133. The van der Waals surface area contributed by atoms with Crippen molar-refractivity contribution >= 4 is 34.4 Å². The van der Waals surface area contributed by atoms with E-state index in [0.29, 0.717) is 11.3 Å². The first-order chi connectivity index (χ1) is 19.7. The smallest absolute Gasteiger partial charge is 0.433 e. The van der Waals surface area contributed by atoms with E-state index in [9.17, 15) is 27.9 Å². The second kappa shape index (κ2) is 11.8. The molecule has 0 aliphatic rings. The van der Waals surface area contributed by atoms with Crippen LogP contribution in [-0.2, 0) is 16.7 Å². The Bertz CT molecular complexity index is 1680. The van der Waals surface area contributed by atoms with Gasteiger partial charge in [0.15, 0.2) is 11.5 Å². The third-order valence-corrected chi connectivity index (χ3v) is 7.28. The number of fused-ring (bicyclic) bond motifs is 1. The zero-order valence-electron chi connectivity index (χ0n) is 21.3. The number of nitrogens with one attached hydrogen (secondary N) is 1. The first-order valence-electron chi connectivity index (χ1n) is 12.4. The highest BCUT2D eigenvalue weighted by molar-refractivity contribution is 7.98. The van der Waals surface area contributed by atoms with Crippen LogP contribution in [0.4, 0.5) is 13.2 Å². The number of hydrogen-bond donors (Lipinski definition) is 2. The Hall–Kier alpha value is -4.64. The Morgan fingerprint density at radius 1 is 0.951 bits per heavy atom. The van der Waals surface area contributed by atoms with Gasteiger partial charge in [-0.3, -0.25) is 9.78 Å². The highest BCUT2D eigenvalue weighted by atomic mass is 32.2. The maximum Gasteiger partial charge on any atom is 0.433 e. The van der Waals surface area contributed by atoms with Crippen molar-refractivity contribution in [3.05, 3.63) is 108 Å². The first kappa shape index (κ1) is 27.9. The van der Waals surface area contributed by atoms with E-state index < -0.39 is 29.8 Å². The number of carbonyl (C=O) groups is 2. The standard InChI is InChI=1S/C30H22F3N3O4S/c31-30(32,33)24-14-13-20(15-34-24)26-25(36-28(40-26)22-12-6-10-19-9-4-5-11-21(19)22)27(37)35-23(29(38)39)17-41-16-18-7-2-1-3-8-18/h1-15,23H,16-17H2,(H,35,37)(H,38,39)/t23-/m0/s1. The van der Waals surface area contributed by atoms with Crippen LogP contribution in [-0.4, -0.2) is 38.7 Å². The van der Waals surface area contributed by atoms with Crippen LogP contribution in [0.25, 0.3) is 33.6 Å². The Morgan fingerprint density at radius 3 is 2.39 bits per heavy atom. The van der Waals surface area contributed by atoms with E-state index in [2.05, 4.69) is 15.3 Å². The van der Waals surface area contributed by atoms with Crippen LogP contribution in [0.3, 0.4) is 0 Å². The average Bonchev–Trinajstić information content (AvgIpc) is 3.42. The summed E-state index contributed by atoms with van der Waals surface area (Å²) in [4.78, 5) is 33.3. The lowest BCUT2D eigenvalue weighted by Crippen LogP contribution is -2.42. The molecule has 2 heterocycles. The number of hydrogen-bond acceptors (Lipinski definition) is 6. The number of aromatic nitrogens is 2. The Balaban J connectivity index is 1.48. The van der Waals surface area contributed by atoms with Gasteiger partial charge in [-0.05, 0) is 34.5 Å². The molecule has 41 heavy (non-hydrogen) atoms. The summed E-state index contributed by atoms with van der Waals surface area (Å²) in [6.07, 6.45) is -3.71. The van der Waals surface area contributed by atoms with Gasteiger partial charge in [0.1, 0.15) is 11.7 Å². The number of alkyl halides is 3. The molecule has 2 aromatic heterocycles. The predicted octanol–water partition coefficient (Wildman–Crippen LogP) is 6.69. The van der Waals surface area contributed by atoms with Crippen molar-refractivity contribution in [1.82, 2.24) is 15.3 Å². The topological polar surface area (TPSA) is 105 Å². The highest BCUT2D eigenvalue weighted by Crippen LogP contribution is 2.35. The van der Waals surface area contributed by atoms with Crippen LogP contribution >= 0.6 is 11.8 Å². The Morgan fingerprint density at radius 2 is 1.68 bits per heavy atom. The molecule has 7 nitrogen and oxygen atoms in total. The number of aliphatic carboxylic acids is 1. The number of carbonyl (C=O) groups excluding carboxylic acids is 1. The fourth-order valence-corrected chi connectivity index (χ4v) is 5.17. The largest absolute Gasteiger partial charge is 0.480 e. The number of oxazole rings is 1. The summed E-state index contributed by atoms with van der Waals surface area (Å²) in [6, 6.07) is 22.9. The number of amides is 1. The predicted molar refractivity (Wildman–Crippen MR) is 149 cm³/mol. The first-order valence-corrected chi connectivity index (χ1v) is 13.5. The van der Waals surface area contributed by atoms with Gasteiger partial charge in [0.25, 0.3) is 5.91 Å². The quantitative estimate of drug-likeness (QED) is 0.201. The summed E-state index contributed by atoms with van der Waals surface area (Å²) in [6.45, 7) is 0. The van der Waals surface area contributed by atoms with E-state index >= 15 is 0 Å². The summed E-state index contributed by atoms with van der Waals surface area (Å²) in [5.41, 5.74) is 0.251. The zero-order valence-corrected chi connectivity index (χ0v) is 22.1. The van der Waals surface area contributed by atoms with Gasteiger partial charge in [-0.15, -0.1) is 0 Å². The fourth-order valence-electron chi connectivity index (χ4n) is 4.16. The van der Waals surface area contributed by atoms with Gasteiger partial charge in [-0.2, -0.15) is 24.9 Å². The highest BCUT2D eigenvalue weighted by Gasteiger charge is 2.33. The molecule has 0 aliphatic heterocycles. The van der Waals surface area contributed by atoms with Gasteiger partial charge in [-0.1, -0.05) is 66.7 Å². The maximum atomic E-state index is 13.4. The molecule has 5 rings (SSSR count). The number of thioether (sulfide) groups is 1. The third kappa shape index (κ3) is 6.41. The molecule has 0 unspecified atom stereocenters. The molecule has 0 spiro atoms. The minimum atomic E-state index is -4.65. The van der Waals surface area contributed by atoms with Crippen molar-refractivity contribution < 1.29 is 32.3 Å². The summed E-state index contributed by atoms with van der Waals surface area (Å²) in [5.74, 6) is -1.56. The minimum Gasteiger partial charge on any atom is -0.480 e. The molecule has 11 heteroatoms. The number of halogens is 3. The molecule has 5 aromatic rings. The maximum absolute atomic E-state index is 13.4. The molecule has 0 saturated heterocycles. The van der Waals surface area contributed by atoms with E-state index in [-0.39, 0.29) is 28.7 Å². The summed E-state index contributed by atoms with van der Waals surface area (Å²) in [7, 11) is 0. The van der Waals surface area contributed by atoms with Crippen molar-refractivity contribution in [2.75, 3.05) is 5.75 Å². The number of carboxylic acids is 1. The molecule has 208 valence electrons. The average molecular weight is 578 g/mol. The molecule has 0 bridgehead atoms. The van der Waals surface area contributed by atoms with Crippen LogP contribution in [0.5, 0.6) is 0 Å². The van der Waals surface area contributed by atoms with Crippen molar-refractivity contribution in [2.45, 2.75) is 18.0 Å². The van der Waals surface area contributed by atoms with Gasteiger partial charge in [0.2, 0.25) is 5.89 Å². The molecule has 0 fully saturated rings. The van der Waals surface area contributed by atoms with Crippen LogP contribution < -0.4 is 5.32 Å². The van der Waals surface area contributed by atoms with Gasteiger partial charge in [-0.25, -0.2) is 9.78 Å². The molecule has 2 N–H and O–H groups in total. The molecular formula is C30H22F3N3O4S. The van der Waals surface area contributed by atoms with E-state index in [0.717, 1.165) is 34.7 Å². The Kier molecular flexibility index (Phi) is 8.06. The van der Waals surface area contributed by atoms with Crippen molar-refractivity contribution in [3.8, 4) is 22.8 Å². The zero-order chi connectivity index (χ0) is 29.0. The summed E-state index contributed by atoms with van der Waals surface area (Å²) in [5, 5.41) is 13.9. The second-order valence-electron chi connectivity index (χ2n) is 9.02. The minimum absolute atomic E-state index is 0.0483. The number of benzene rings is 3. The molecule has 1 atom stereocenters. The number of nitrogens with zero attached hydrogens (tertiary/aromatic N) is 2. The SMILES string of the molecule is O=C(N[C@@H](CSCc1ccccc1)C(=O)O)c1nc(-c2cccc3ccccc23)oc1-c1ccc(C(F)(F)F)nc1. The number of rotatable bonds is 9. The number of carboxylic acid groups (broad SMARTS) is 1. The lowest BCUT2D eigenvalue weighted by Gasteiger charge is -2.14. The van der Waals surface area contributed by atoms with Crippen molar-refractivity contribution in [3.63, 3.8) is 0 Å². The van der Waals surface area contributed by atoms with Crippen molar-refractivity contribution in [1.29, 1.82) is 0 Å². The lowest BCUT2D eigenvalue weighted by atomic mass is 10.0. The molecule has 0 saturated carbocycles. The van der Waals surface area contributed by atoms with Gasteiger partial charge in [0, 0.05) is 28.8 Å². The van der Waals surface area contributed by atoms with E-state index in [1.165, 1.54) is 11.8 Å². The van der Waals surface area contributed by atoms with E-state index in [1.807, 2.05) is 60.7 Å². The molecule has 0 aliphatic carbocycles. The Labute approximate surface area is 236 Å². The molecule has 3 aromatic carbocycles. The summed E-state index contributed by atoms with van der Waals surface area (Å²) < 4.78 is 45.3. The van der Waals surface area contributed by atoms with Crippen LogP contribution in [0, 0.1) is 0 Å². The molecular weight excluding hydrogens is 555 g/mol. The van der Waals surface area contributed by atoms with Crippen LogP contribution in [0.2, 0.25) is 0 Å². The van der Waals surface area contributed by atoms with Crippen LogP contribution in [0.1, 0.15) is 21.7 Å². The lowest BCUT2D eigenvalue weighted by molar-refractivity contribution is -0.141. The summed E-state index contributed by atoms with van der Waals surface area (Å²) >= 11 is 1.33. The van der Waals surface area contributed by atoms with Crippen LogP contribution in [0.15, 0.2) is 95.5 Å². The van der Waals surface area contributed by atoms with E-state index in [1.54, 1.807) is 12.1 Å². The molecule has 1 amide bonds. The second-order valence-corrected chi connectivity index (χ2v) is 10.0. The van der Waals surface area contributed by atoms with Gasteiger partial charge in [0.05, 0.1) is 0 Å². The van der Waals surface area contributed by atoms with Gasteiger partial charge < -0.3 is 14.8 Å². The third-order valence-electron chi connectivity index (χ3n) is 6.18. The van der Waals surface area contributed by atoms with Crippen molar-refractivity contribution in [2.24, 2.45) is 0 Å². The van der Waals surface area contributed by atoms with Gasteiger partial charge >= 0.3 is 12.1 Å². The van der Waals surface area contributed by atoms with E-state index in [4.69, 9.17) is 4.42 Å². The monoisotopic (exact) mass is 577 g/mol. The molecule has 0 radical (unpaired) electrons. The number of pyridine rings is 1. The normalized spacial score (nSPS) is 12.3.